The van der Waals surface area contributed by atoms with Crippen molar-refractivity contribution in [1.82, 2.24) is 5.32 Å². The van der Waals surface area contributed by atoms with Gasteiger partial charge in [-0.2, -0.15) is 0 Å². The normalized spacial score (nSPS) is 13.1. The van der Waals surface area contributed by atoms with Crippen LogP contribution in [0.2, 0.25) is 0 Å². The molecular formula is C13H19BrFN. The second-order valence-corrected chi connectivity index (χ2v) is 5.29. The molecule has 16 heavy (non-hydrogen) atoms. The quantitative estimate of drug-likeness (QED) is 0.859. The summed E-state index contributed by atoms with van der Waals surface area (Å²) in [6.45, 7) is 7.10. The van der Waals surface area contributed by atoms with Crippen LogP contribution < -0.4 is 5.32 Å². The van der Waals surface area contributed by atoms with Crippen molar-refractivity contribution in [2.24, 2.45) is 5.92 Å². The fraction of sp³-hybridized carbons (Fsp3) is 0.538. The van der Waals surface area contributed by atoms with Crippen LogP contribution in [-0.2, 0) is 6.54 Å². The summed E-state index contributed by atoms with van der Waals surface area (Å²) < 4.78 is 14.3. The zero-order valence-corrected chi connectivity index (χ0v) is 11.6. The summed E-state index contributed by atoms with van der Waals surface area (Å²) in [7, 11) is 0. The number of hydrogen-bond donors (Lipinski definition) is 1. The molecule has 0 bridgehead atoms. The number of hydrogen-bond acceptors (Lipinski definition) is 1. The molecule has 0 heterocycles. The highest BCUT2D eigenvalue weighted by Gasteiger charge is 2.11. The van der Waals surface area contributed by atoms with Crippen molar-refractivity contribution >= 4 is 15.9 Å². The number of rotatable bonds is 5. The first kappa shape index (κ1) is 13.7. The van der Waals surface area contributed by atoms with E-state index in [1.54, 1.807) is 0 Å². The van der Waals surface area contributed by atoms with Crippen molar-refractivity contribution in [2.45, 2.75) is 39.8 Å². The first-order valence-corrected chi connectivity index (χ1v) is 6.51. The van der Waals surface area contributed by atoms with Crippen molar-refractivity contribution < 1.29 is 4.39 Å². The minimum absolute atomic E-state index is 0.152. The predicted molar refractivity (Wildman–Crippen MR) is 69.9 cm³/mol. The Morgan fingerprint density at radius 2 is 2.06 bits per heavy atom. The smallest absolute Gasteiger partial charge is 0.128 e. The van der Waals surface area contributed by atoms with Crippen LogP contribution in [0.25, 0.3) is 0 Å². The zero-order valence-electron chi connectivity index (χ0n) is 10.1. The lowest BCUT2D eigenvalue weighted by Crippen LogP contribution is -2.32. The van der Waals surface area contributed by atoms with Crippen LogP contribution in [-0.4, -0.2) is 6.04 Å². The fourth-order valence-electron chi connectivity index (χ4n) is 1.76. The van der Waals surface area contributed by atoms with Crippen molar-refractivity contribution in [3.63, 3.8) is 0 Å². The Bertz CT molecular complexity index is 339. The molecule has 0 radical (unpaired) electrons. The van der Waals surface area contributed by atoms with E-state index >= 15 is 0 Å². The van der Waals surface area contributed by atoms with Gasteiger partial charge in [-0.05, 0) is 24.5 Å². The SMILES string of the molecule is CCC(NCc1ccc(Br)cc1F)C(C)C. The Labute approximate surface area is 106 Å². The highest BCUT2D eigenvalue weighted by molar-refractivity contribution is 9.10. The maximum Gasteiger partial charge on any atom is 0.128 e. The van der Waals surface area contributed by atoms with Crippen molar-refractivity contribution in [2.75, 3.05) is 0 Å². The number of nitrogens with one attached hydrogen (secondary N) is 1. The van der Waals surface area contributed by atoms with Crippen LogP contribution in [0.5, 0.6) is 0 Å². The van der Waals surface area contributed by atoms with E-state index < -0.39 is 0 Å². The molecule has 1 atom stereocenters. The molecule has 0 aromatic heterocycles. The molecular weight excluding hydrogens is 269 g/mol. The minimum atomic E-state index is -0.152. The third-order valence-corrected chi connectivity index (χ3v) is 3.31. The van der Waals surface area contributed by atoms with Crippen LogP contribution in [0.15, 0.2) is 22.7 Å². The molecule has 1 rings (SSSR count). The van der Waals surface area contributed by atoms with Gasteiger partial charge in [0.25, 0.3) is 0 Å². The summed E-state index contributed by atoms with van der Waals surface area (Å²) >= 11 is 3.25. The van der Waals surface area contributed by atoms with Crippen LogP contribution in [0.1, 0.15) is 32.8 Å². The molecule has 1 aromatic carbocycles. The Morgan fingerprint density at radius 3 is 2.56 bits per heavy atom. The fourth-order valence-corrected chi connectivity index (χ4v) is 2.09. The minimum Gasteiger partial charge on any atom is -0.310 e. The molecule has 0 aliphatic carbocycles. The molecule has 1 aromatic rings. The summed E-state index contributed by atoms with van der Waals surface area (Å²) in [6, 6.07) is 5.64. The van der Waals surface area contributed by atoms with Crippen LogP contribution in [0.4, 0.5) is 4.39 Å². The Morgan fingerprint density at radius 1 is 1.38 bits per heavy atom. The Kier molecular flexibility index (Phi) is 5.42. The van der Waals surface area contributed by atoms with Gasteiger partial charge < -0.3 is 5.32 Å². The van der Waals surface area contributed by atoms with Gasteiger partial charge in [0.05, 0.1) is 0 Å². The summed E-state index contributed by atoms with van der Waals surface area (Å²) in [5.74, 6) is 0.420. The molecule has 1 nitrogen and oxygen atoms in total. The standard InChI is InChI=1S/C13H19BrFN/c1-4-13(9(2)3)16-8-10-5-6-11(14)7-12(10)15/h5-7,9,13,16H,4,8H2,1-3H3. The predicted octanol–water partition coefficient (Wildman–Crippen LogP) is 4.11. The van der Waals surface area contributed by atoms with E-state index in [0.717, 1.165) is 16.5 Å². The first-order chi connectivity index (χ1) is 7.54. The molecule has 0 amide bonds. The molecule has 0 aliphatic heterocycles. The third kappa shape index (κ3) is 3.87. The van der Waals surface area contributed by atoms with E-state index in [-0.39, 0.29) is 5.82 Å². The zero-order chi connectivity index (χ0) is 12.1. The molecule has 1 N–H and O–H groups in total. The van der Waals surface area contributed by atoms with Crippen LogP contribution in [0.3, 0.4) is 0 Å². The van der Waals surface area contributed by atoms with Gasteiger partial charge in [0.2, 0.25) is 0 Å². The van der Waals surface area contributed by atoms with Crippen molar-refractivity contribution in [3.05, 3.63) is 34.1 Å². The van der Waals surface area contributed by atoms with E-state index in [1.165, 1.54) is 6.07 Å². The van der Waals surface area contributed by atoms with Gasteiger partial charge in [-0.15, -0.1) is 0 Å². The topological polar surface area (TPSA) is 12.0 Å². The monoisotopic (exact) mass is 287 g/mol. The largest absolute Gasteiger partial charge is 0.310 e. The molecule has 90 valence electrons. The lowest BCUT2D eigenvalue weighted by molar-refractivity contribution is 0.384. The molecule has 3 heteroatoms. The van der Waals surface area contributed by atoms with Gasteiger partial charge in [0, 0.05) is 22.6 Å². The summed E-state index contributed by atoms with van der Waals surface area (Å²) in [6.07, 6.45) is 1.07. The van der Waals surface area contributed by atoms with Crippen molar-refractivity contribution in [3.8, 4) is 0 Å². The van der Waals surface area contributed by atoms with Crippen LogP contribution >= 0.6 is 15.9 Å². The maximum atomic E-state index is 13.5. The Hall–Kier alpha value is -0.410. The maximum absolute atomic E-state index is 13.5. The van der Waals surface area contributed by atoms with Gasteiger partial charge in [0.1, 0.15) is 5.82 Å². The van der Waals surface area contributed by atoms with Gasteiger partial charge in [-0.1, -0.05) is 42.8 Å². The third-order valence-electron chi connectivity index (χ3n) is 2.81. The second kappa shape index (κ2) is 6.36. The average molecular weight is 288 g/mol. The first-order valence-electron chi connectivity index (χ1n) is 5.72. The molecule has 0 aliphatic rings. The van der Waals surface area contributed by atoms with Gasteiger partial charge in [-0.3, -0.25) is 0 Å². The van der Waals surface area contributed by atoms with E-state index in [2.05, 4.69) is 42.0 Å². The lowest BCUT2D eigenvalue weighted by atomic mass is 10.0. The van der Waals surface area contributed by atoms with Crippen LogP contribution in [0, 0.1) is 11.7 Å². The highest BCUT2D eigenvalue weighted by Crippen LogP contribution is 2.16. The molecule has 0 spiro atoms. The van der Waals surface area contributed by atoms with Gasteiger partial charge in [-0.25, -0.2) is 4.39 Å². The molecule has 0 fully saturated rings. The van der Waals surface area contributed by atoms with E-state index in [9.17, 15) is 4.39 Å². The van der Waals surface area contributed by atoms with E-state index in [0.29, 0.717) is 18.5 Å². The summed E-state index contributed by atoms with van der Waals surface area (Å²) in [5.41, 5.74) is 0.724. The molecule has 1 unspecified atom stereocenters. The summed E-state index contributed by atoms with van der Waals surface area (Å²) in [5, 5.41) is 3.39. The van der Waals surface area contributed by atoms with E-state index in [4.69, 9.17) is 0 Å². The van der Waals surface area contributed by atoms with E-state index in [1.807, 2.05) is 12.1 Å². The number of benzene rings is 1. The molecule has 0 saturated carbocycles. The molecule has 0 saturated heterocycles. The van der Waals surface area contributed by atoms with Gasteiger partial charge in [0.15, 0.2) is 0 Å². The highest BCUT2D eigenvalue weighted by atomic mass is 79.9. The lowest BCUT2D eigenvalue weighted by Gasteiger charge is -2.20. The number of halogens is 2. The average Bonchev–Trinajstić information content (AvgIpc) is 2.21. The van der Waals surface area contributed by atoms with Crippen molar-refractivity contribution in [1.29, 1.82) is 0 Å². The Balaban J connectivity index is 2.60. The summed E-state index contributed by atoms with van der Waals surface area (Å²) in [4.78, 5) is 0. The second-order valence-electron chi connectivity index (χ2n) is 4.38. The van der Waals surface area contributed by atoms with Gasteiger partial charge >= 0.3 is 0 Å².